The molecule has 1 saturated heterocycles. The third-order valence-electron chi connectivity index (χ3n) is 5.22. The smallest absolute Gasteiger partial charge is 0.245 e. The number of thiophene rings is 1. The fourth-order valence-electron chi connectivity index (χ4n) is 3.71. The number of amides is 1. The van der Waals surface area contributed by atoms with Crippen LogP contribution in [0.4, 0.5) is 5.69 Å². The van der Waals surface area contributed by atoms with E-state index in [2.05, 4.69) is 28.8 Å². The molecule has 29 heavy (non-hydrogen) atoms. The fourth-order valence-corrected chi connectivity index (χ4v) is 5.78. The summed E-state index contributed by atoms with van der Waals surface area (Å²) in [7, 11) is -1.64. The molecule has 1 aromatic heterocycles. The molecular formula is C20H22ClN3O3S2. The van der Waals surface area contributed by atoms with Crippen molar-refractivity contribution in [1.82, 2.24) is 9.62 Å². The van der Waals surface area contributed by atoms with Crippen molar-refractivity contribution in [2.24, 2.45) is 0 Å². The lowest BCUT2D eigenvalue weighted by Crippen LogP contribution is -2.40. The normalized spacial score (nSPS) is 20.6. The molecule has 3 heterocycles. The highest BCUT2D eigenvalue weighted by Crippen LogP contribution is 2.28. The Morgan fingerprint density at radius 2 is 2.03 bits per heavy atom. The Hall–Kier alpha value is -1.71. The predicted molar refractivity (Wildman–Crippen MR) is 118 cm³/mol. The first kappa shape index (κ1) is 20.6. The minimum Gasteiger partial charge on any atom is -0.311 e. The van der Waals surface area contributed by atoms with Gasteiger partial charge >= 0.3 is 0 Å². The van der Waals surface area contributed by atoms with E-state index in [0.29, 0.717) is 17.3 Å². The van der Waals surface area contributed by atoms with E-state index in [9.17, 15) is 13.2 Å². The molecule has 2 aromatic rings. The van der Waals surface area contributed by atoms with Gasteiger partial charge in [-0.25, -0.2) is 8.42 Å². The summed E-state index contributed by atoms with van der Waals surface area (Å²) in [5.41, 5.74) is 3.38. The topological polar surface area (TPSA) is 69.7 Å². The molecule has 9 heteroatoms. The quantitative estimate of drug-likeness (QED) is 0.758. The number of benzene rings is 1. The summed E-state index contributed by atoms with van der Waals surface area (Å²) in [4.78, 5) is 17.5. The number of sulfonamides is 1. The first-order valence-corrected chi connectivity index (χ1v) is 12.1. The molecule has 6 nitrogen and oxygen atoms in total. The van der Waals surface area contributed by atoms with Crippen LogP contribution in [0.3, 0.4) is 0 Å². The largest absolute Gasteiger partial charge is 0.311 e. The summed E-state index contributed by atoms with van der Waals surface area (Å²) in [6, 6.07) is 8.79. The molecule has 0 aliphatic carbocycles. The van der Waals surface area contributed by atoms with Gasteiger partial charge in [-0.05, 0) is 61.4 Å². The molecule has 0 saturated carbocycles. The van der Waals surface area contributed by atoms with E-state index in [0.717, 1.165) is 35.5 Å². The van der Waals surface area contributed by atoms with Gasteiger partial charge in [0.2, 0.25) is 15.9 Å². The van der Waals surface area contributed by atoms with Crippen LogP contribution in [0.5, 0.6) is 0 Å². The summed E-state index contributed by atoms with van der Waals surface area (Å²) in [5.74, 6) is -0.214. The SMILES string of the molecule is CN1CCc2cc(N3CCC(NS(=O)(=O)/C=C/c4ccc(Cl)s4)C3=O)ccc2C1. The Morgan fingerprint density at radius 1 is 1.21 bits per heavy atom. The van der Waals surface area contributed by atoms with Crippen molar-refractivity contribution in [2.45, 2.75) is 25.4 Å². The Labute approximate surface area is 179 Å². The maximum Gasteiger partial charge on any atom is 0.245 e. The maximum absolute atomic E-state index is 12.8. The van der Waals surface area contributed by atoms with Crippen LogP contribution < -0.4 is 9.62 Å². The van der Waals surface area contributed by atoms with E-state index in [1.165, 1.54) is 28.5 Å². The fraction of sp³-hybridized carbons (Fsp3) is 0.350. The van der Waals surface area contributed by atoms with Gasteiger partial charge in [-0.3, -0.25) is 4.79 Å². The molecule has 1 unspecified atom stereocenters. The van der Waals surface area contributed by atoms with E-state index >= 15 is 0 Å². The van der Waals surface area contributed by atoms with E-state index < -0.39 is 16.1 Å². The zero-order valence-electron chi connectivity index (χ0n) is 16.0. The number of fused-ring (bicyclic) bond motifs is 1. The van der Waals surface area contributed by atoms with Crippen molar-refractivity contribution < 1.29 is 13.2 Å². The summed E-state index contributed by atoms with van der Waals surface area (Å²) < 4.78 is 27.9. The number of hydrogen-bond acceptors (Lipinski definition) is 5. The van der Waals surface area contributed by atoms with Gasteiger partial charge in [0.25, 0.3) is 0 Å². The van der Waals surface area contributed by atoms with E-state index in [1.54, 1.807) is 17.0 Å². The van der Waals surface area contributed by atoms with Crippen molar-refractivity contribution >= 4 is 50.6 Å². The third-order valence-corrected chi connectivity index (χ3v) is 7.53. The molecule has 154 valence electrons. The monoisotopic (exact) mass is 451 g/mol. The van der Waals surface area contributed by atoms with Crippen LogP contribution in [-0.4, -0.2) is 45.4 Å². The Balaban J connectivity index is 1.44. The summed E-state index contributed by atoms with van der Waals surface area (Å²) in [6.07, 6.45) is 2.88. The first-order valence-electron chi connectivity index (χ1n) is 9.38. The van der Waals surface area contributed by atoms with Gasteiger partial charge in [-0.1, -0.05) is 17.7 Å². The van der Waals surface area contributed by atoms with E-state index in [4.69, 9.17) is 11.6 Å². The summed E-state index contributed by atoms with van der Waals surface area (Å²) in [6.45, 7) is 2.40. The second-order valence-electron chi connectivity index (χ2n) is 7.38. The molecule has 2 aliphatic heterocycles. The van der Waals surface area contributed by atoms with Crippen LogP contribution in [0.2, 0.25) is 4.34 Å². The van der Waals surface area contributed by atoms with Crippen molar-refractivity contribution in [3.05, 3.63) is 56.1 Å². The minimum atomic E-state index is -3.73. The molecule has 1 N–H and O–H groups in total. The molecule has 4 rings (SSSR count). The van der Waals surface area contributed by atoms with Crippen LogP contribution in [0, 0.1) is 0 Å². The van der Waals surface area contributed by atoms with Gasteiger partial charge < -0.3 is 9.80 Å². The summed E-state index contributed by atoms with van der Waals surface area (Å²) in [5, 5.41) is 1.08. The van der Waals surface area contributed by atoms with Gasteiger partial charge in [0.15, 0.2) is 0 Å². The standard InChI is InChI=1S/C20H22ClN3O3S2/c1-23-9-6-14-12-16(3-2-15(14)13-23)24-10-7-18(20(24)25)22-29(26,27)11-8-17-4-5-19(21)28-17/h2-5,8,11-12,18,22H,6-7,9-10,13H2,1H3/b11-8+. The Bertz CT molecular complexity index is 1060. The number of carbonyl (C=O) groups is 1. The lowest BCUT2D eigenvalue weighted by molar-refractivity contribution is -0.118. The molecule has 0 spiro atoms. The predicted octanol–water partition coefficient (Wildman–Crippen LogP) is 3.09. The number of likely N-dealkylation sites (N-methyl/N-ethyl adjacent to an activating group) is 1. The number of hydrogen-bond donors (Lipinski definition) is 1. The highest BCUT2D eigenvalue weighted by Gasteiger charge is 2.35. The lowest BCUT2D eigenvalue weighted by Gasteiger charge is -2.26. The number of rotatable bonds is 5. The third kappa shape index (κ3) is 4.73. The zero-order chi connectivity index (χ0) is 20.6. The van der Waals surface area contributed by atoms with Gasteiger partial charge in [0.1, 0.15) is 6.04 Å². The Kier molecular flexibility index (Phi) is 5.81. The first-order chi connectivity index (χ1) is 13.8. The van der Waals surface area contributed by atoms with Gasteiger partial charge in [0, 0.05) is 35.6 Å². The molecule has 1 fully saturated rings. The van der Waals surface area contributed by atoms with Crippen LogP contribution in [0.25, 0.3) is 6.08 Å². The van der Waals surface area contributed by atoms with Gasteiger partial charge in [-0.15, -0.1) is 11.3 Å². The number of nitrogens with one attached hydrogen (secondary N) is 1. The minimum absolute atomic E-state index is 0.214. The number of carbonyl (C=O) groups excluding carboxylic acids is 1. The average Bonchev–Trinajstić information content (AvgIpc) is 3.25. The van der Waals surface area contributed by atoms with Gasteiger partial charge in [-0.2, -0.15) is 4.72 Å². The average molecular weight is 452 g/mol. The van der Waals surface area contributed by atoms with Crippen molar-refractivity contribution in [2.75, 3.05) is 25.0 Å². The lowest BCUT2D eigenvalue weighted by atomic mass is 9.99. The highest BCUT2D eigenvalue weighted by atomic mass is 35.5. The van der Waals surface area contributed by atoms with Crippen LogP contribution in [-0.2, 0) is 27.8 Å². The molecule has 2 aliphatic rings. The van der Waals surface area contributed by atoms with Gasteiger partial charge in [0.05, 0.1) is 4.34 Å². The van der Waals surface area contributed by atoms with Crippen LogP contribution in [0.15, 0.2) is 35.7 Å². The highest BCUT2D eigenvalue weighted by molar-refractivity contribution is 7.92. The molecule has 1 amide bonds. The summed E-state index contributed by atoms with van der Waals surface area (Å²) >= 11 is 7.15. The number of halogens is 1. The molecule has 1 aromatic carbocycles. The number of anilines is 1. The van der Waals surface area contributed by atoms with Crippen LogP contribution in [0.1, 0.15) is 22.4 Å². The molecular weight excluding hydrogens is 430 g/mol. The zero-order valence-corrected chi connectivity index (χ0v) is 18.4. The van der Waals surface area contributed by atoms with Crippen molar-refractivity contribution in [3.8, 4) is 0 Å². The molecule has 0 radical (unpaired) electrons. The van der Waals surface area contributed by atoms with E-state index in [-0.39, 0.29) is 5.91 Å². The second-order valence-corrected chi connectivity index (χ2v) is 10.7. The number of nitrogens with zero attached hydrogens (tertiary/aromatic N) is 2. The Morgan fingerprint density at radius 3 is 2.79 bits per heavy atom. The maximum atomic E-state index is 12.8. The second kappa shape index (κ2) is 8.20. The van der Waals surface area contributed by atoms with Crippen molar-refractivity contribution in [3.63, 3.8) is 0 Å². The van der Waals surface area contributed by atoms with Crippen molar-refractivity contribution in [1.29, 1.82) is 0 Å². The van der Waals surface area contributed by atoms with Crippen LogP contribution >= 0.6 is 22.9 Å². The molecule has 0 bridgehead atoms. The van der Waals surface area contributed by atoms with E-state index in [1.807, 2.05) is 6.07 Å². The molecule has 1 atom stereocenters.